The largest absolute Gasteiger partial charge is 0.322 e. The van der Waals surface area contributed by atoms with Crippen LogP contribution in [0.2, 0.25) is 0 Å². The molecule has 0 spiro atoms. The first-order chi connectivity index (χ1) is 13.0. The zero-order valence-electron chi connectivity index (χ0n) is 14.8. The lowest BCUT2D eigenvalue weighted by molar-refractivity contribution is -0.127. The lowest BCUT2D eigenvalue weighted by atomic mass is 9.50. The molecule has 4 aliphatic carbocycles. The number of pyridine rings is 1. The van der Waals surface area contributed by atoms with Gasteiger partial charge in [-0.3, -0.25) is 14.4 Å². The minimum absolute atomic E-state index is 0.0996. The van der Waals surface area contributed by atoms with Crippen LogP contribution in [0.15, 0.2) is 53.4 Å². The highest BCUT2D eigenvalue weighted by molar-refractivity contribution is 6.23. The van der Waals surface area contributed by atoms with E-state index in [9.17, 15) is 14.4 Å². The SMILES string of the molecule is Cc1cc(=O)[nH]c2cc(N3C(=O)[C@@H]4C5C=CC(C6C=CC65)[C@@H]4C3=O)ccc12. The number of imide groups is 1. The Hall–Kier alpha value is -2.95. The van der Waals surface area contributed by atoms with Crippen molar-refractivity contribution in [2.75, 3.05) is 4.90 Å². The summed E-state index contributed by atoms with van der Waals surface area (Å²) in [6, 6.07) is 6.98. The molecule has 134 valence electrons. The van der Waals surface area contributed by atoms with Gasteiger partial charge in [0.1, 0.15) is 0 Å². The van der Waals surface area contributed by atoms with Crippen molar-refractivity contribution in [1.29, 1.82) is 0 Å². The number of nitrogens with one attached hydrogen (secondary N) is 1. The highest BCUT2D eigenvalue weighted by atomic mass is 16.2. The Morgan fingerprint density at radius 1 is 0.815 bits per heavy atom. The molecule has 1 saturated heterocycles. The molecule has 2 bridgehead atoms. The van der Waals surface area contributed by atoms with Gasteiger partial charge in [0, 0.05) is 11.5 Å². The number of benzene rings is 1. The molecule has 7 rings (SSSR count). The van der Waals surface area contributed by atoms with Gasteiger partial charge in [-0.2, -0.15) is 0 Å². The number of H-pyrrole nitrogens is 1. The molecule has 0 radical (unpaired) electrons. The van der Waals surface area contributed by atoms with Gasteiger partial charge < -0.3 is 4.98 Å². The van der Waals surface area contributed by atoms with Crippen molar-refractivity contribution in [3.63, 3.8) is 0 Å². The van der Waals surface area contributed by atoms with Crippen LogP contribution in [0.4, 0.5) is 5.69 Å². The molecule has 2 fully saturated rings. The van der Waals surface area contributed by atoms with Crippen LogP contribution in [0.25, 0.3) is 10.9 Å². The number of carbonyl (C=O) groups is 2. The average Bonchev–Trinajstić information content (AvgIpc) is 2.86. The van der Waals surface area contributed by atoms with E-state index in [1.54, 1.807) is 12.1 Å². The molecular formula is C22H18N2O3. The second-order valence-electron chi connectivity index (χ2n) is 8.19. The molecule has 2 amide bonds. The number of allylic oxidation sites excluding steroid dienone is 4. The summed E-state index contributed by atoms with van der Waals surface area (Å²) < 4.78 is 0. The van der Waals surface area contributed by atoms with E-state index >= 15 is 0 Å². The summed E-state index contributed by atoms with van der Waals surface area (Å²) in [5, 5.41) is 0.916. The van der Waals surface area contributed by atoms with Crippen molar-refractivity contribution in [1.82, 2.24) is 4.98 Å². The molecule has 27 heavy (non-hydrogen) atoms. The van der Waals surface area contributed by atoms with Gasteiger partial charge in [-0.15, -0.1) is 0 Å². The first-order valence-electron chi connectivity index (χ1n) is 9.43. The quantitative estimate of drug-likeness (QED) is 0.629. The van der Waals surface area contributed by atoms with Crippen LogP contribution in [0.5, 0.6) is 0 Å². The van der Waals surface area contributed by atoms with E-state index < -0.39 is 0 Å². The van der Waals surface area contributed by atoms with Crippen molar-refractivity contribution in [2.24, 2.45) is 35.5 Å². The summed E-state index contributed by atoms with van der Waals surface area (Å²) in [4.78, 5) is 42.5. The highest BCUT2D eigenvalue weighted by Crippen LogP contribution is 2.59. The molecule has 1 aliphatic heterocycles. The molecule has 1 N–H and O–H groups in total. The summed E-state index contributed by atoms with van der Waals surface area (Å²) in [5.41, 5.74) is 1.89. The molecule has 5 heteroatoms. The zero-order chi connectivity index (χ0) is 18.4. The van der Waals surface area contributed by atoms with Gasteiger partial charge in [0.05, 0.1) is 23.0 Å². The molecule has 2 heterocycles. The fourth-order valence-corrected chi connectivity index (χ4v) is 5.71. The Morgan fingerprint density at radius 3 is 2.00 bits per heavy atom. The maximum Gasteiger partial charge on any atom is 0.248 e. The first kappa shape index (κ1) is 15.1. The van der Waals surface area contributed by atoms with Crippen LogP contribution in [0.3, 0.4) is 0 Å². The minimum atomic E-state index is -0.258. The van der Waals surface area contributed by atoms with Gasteiger partial charge in [-0.25, -0.2) is 4.90 Å². The van der Waals surface area contributed by atoms with Gasteiger partial charge in [0.2, 0.25) is 17.4 Å². The van der Waals surface area contributed by atoms with E-state index in [2.05, 4.69) is 29.3 Å². The van der Waals surface area contributed by atoms with Crippen molar-refractivity contribution < 1.29 is 9.59 Å². The van der Waals surface area contributed by atoms with Gasteiger partial charge in [-0.05, 0) is 48.3 Å². The summed E-state index contributed by atoms with van der Waals surface area (Å²) in [6.45, 7) is 1.88. The van der Waals surface area contributed by atoms with Crippen molar-refractivity contribution in [3.8, 4) is 0 Å². The van der Waals surface area contributed by atoms with E-state index in [1.165, 1.54) is 4.90 Å². The summed E-state index contributed by atoms with van der Waals surface area (Å²) >= 11 is 0. The average molecular weight is 358 g/mol. The number of fused-ring (bicyclic) bond motifs is 1. The monoisotopic (exact) mass is 358 g/mol. The molecule has 5 nitrogen and oxygen atoms in total. The number of amides is 2. The first-order valence-corrected chi connectivity index (χ1v) is 9.43. The van der Waals surface area contributed by atoms with Crippen LogP contribution in [0, 0.1) is 42.4 Å². The number of hydrogen-bond donors (Lipinski definition) is 1. The fourth-order valence-electron chi connectivity index (χ4n) is 5.71. The van der Waals surface area contributed by atoms with Crippen LogP contribution in [0.1, 0.15) is 5.56 Å². The third kappa shape index (κ3) is 1.77. The number of hydrogen-bond acceptors (Lipinski definition) is 3. The lowest BCUT2D eigenvalue weighted by Gasteiger charge is -2.51. The summed E-state index contributed by atoms with van der Waals surface area (Å²) in [5.74, 6) is 0.326. The Morgan fingerprint density at radius 2 is 1.41 bits per heavy atom. The van der Waals surface area contributed by atoms with Gasteiger partial charge in [-0.1, -0.05) is 30.4 Å². The third-order valence-electron chi connectivity index (χ3n) is 6.96. The smallest absolute Gasteiger partial charge is 0.248 e. The molecule has 1 saturated carbocycles. The number of nitrogens with zero attached hydrogens (tertiary/aromatic N) is 1. The van der Waals surface area contributed by atoms with Gasteiger partial charge >= 0.3 is 0 Å². The Kier molecular flexibility index (Phi) is 2.72. The standard InChI is InChI=1S/C22H18N2O3/c1-10-8-18(25)23-17-9-11(2-3-12(10)17)24-21(26)19-15-6-7-16(20(19)22(24)27)14-5-4-13(14)15/h2-9,13-16,19-20H,1H3,(H,23,25)/t13?,14?,15?,16?,19-,20+. The number of carbonyl (C=O) groups excluding carboxylic acids is 2. The zero-order valence-corrected chi connectivity index (χ0v) is 14.8. The Balaban J connectivity index is 1.46. The predicted octanol–water partition coefficient (Wildman–Crippen LogP) is 2.56. The number of anilines is 1. The molecule has 2 aromatic rings. The number of aromatic nitrogens is 1. The van der Waals surface area contributed by atoms with Crippen LogP contribution in [-0.2, 0) is 9.59 Å². The molecule has 1 aromatic carbocycles. The van der Waals surface area contributed by atoms with Crippen molar-refractivity contribution in [2.45, 2.75) is 6.92 Å². The third-order valence-corrected chi connectivity index (χ3v) is 6.96. The number of aromatic amines is 1. The van der Waals surface area contributed by atoms with Gasteiger partial charge in [0.15, 0.2) is 0 Å². The maximum absolute atomic E-state index is 13.3. The summed E-state index contributed by atoms with van der Waals surface area (Å²) in [6.07, 6.45) is 8.66. The Bertz CT molecular complexity index is 1120. The molecule has 6 atom stereocenters. The molecular weight excluding hydrogens is 340 g/mol. The topological polar surface area (TPSA) is 70.2 Å². The van der Waals surface area contributed by atoms with E-state index in [1.807, 2.05) is 19.1 Å². The number of aryl methyl sites for hydroxylation is 1. The lowest BCUT2D eigenvalue weighted by Crippen LogP contribution is -2.50. The Labute approximate surface area is 155 Å². The van der Waals surface area contributed by atoms with Crippen LogP contribution < -0.4 is 10.5 Å². The second-order valence-corrected chi connectivity index (χ2v) is 8.19. The number of rotatable bonds is 1. The van der Waals surface area contributed by atoms with Crippen LogP contribution >= 0.6 is 0 Å². The minimum Gasteiger partial charge on any atom is -0.322 e. The van der Waals surface area contributed by atoms with Gasteiger partial charge in [0.25, 0.3) is 0 Å². The maximum atomic E-state index is 13.3. The molecule has 1 aromatic heterocycles. The van der Waals surface area contributed by atoms with Crippen molar-refractivity contribution in [3.05, 3.63) is 64.5 Å². The van der Waals surface area contributed by atoms with E-state index in [4.69, 9.17) is 0 Å². The van der Waals surface area contributed by atoms with E-state index in [-0.39, 0.29) is 41.0 Å². The van der Waals surface area contributed by atoms with E-state index in [0.717, 1.165) is 10.9 Å². The molecule has 5 aliphatic rings. The fraction of sp³-hybridized carbons (Fsp3) is 0.318. The molecule has 4 unspecified atom stereocenters. The normalized spacial score (nSPS) is 35.5. The van der Waals surface area contributed by atoms with Crippen molar-refractivity contribution >= 4 is 28.4 Å². The second kappa shape index (κ2) is 4.85. The predicted molar refractivity (Wildman–Crippen MR) is 101 cm³/mol. The van der Waals surface area contributed by atoms with Crippen LogP contribution in [-0.4, -0.2) is 16.8 Å². The highest BCUT2D eigenvalue weighted by Gasteiger charge is 2.62. The summed E-state index contributed by atoms with van der Waals surface area (Å²) in [7, 11) is 0. The van der Waals surface area contributed by atoms with E-state index in [0.29, 0.717) is 23.0 Å².